The lowest BCUT2D eigenvalue weighted by Gasteiger charge is -2.27. The number of rotatable bonds is 5. The SMILES string of the molecule is Cc1c(C(=O)N[C@H](c2nc(-c3ccccc3)no2)C(C)C)oc2c1C(=O)CC(C)(C)C2. The number of hydrogen-bond donors (Lipinski definition) is 1. The summed E-state index contributed by atoms with van der Waals surface area (Å²) in [7, 11) is 0. The first-order chi connectivity index (χ1) is 14.7. The molecular formula is C24H27N3O4. The van der Waals surface area contributed by atoms with Crippen LogP contribution in [0.1, 0.15) is 78.3 Å². The van der Waals surface area contributed by atoms with Crippen molar-refractivity contribution < 1.29 is 18.5 Å². The van der Waals surface area contributed by atoms with Gasteiger partial charge in [0.05, 0.1) is 5.56 Å². The zero-order chi connectivity index (χ0) is 22.3. The molecule has 0 bridgehead atoms. The van der Waals surface area contributed by atoms with Crippen molar-refractivity contribution in [3.63, 3.8) is 0 Å². The second kappa shape index (κ2) is 7.80. The molecule has 2 aromatic heterocycles. The molecule has 0 fully saturated rings. The molecule has 0 spiro atoms. The van der Waals surface area contributed by atoms with Gasteiger partial charge in [-0.25, -0.2) is 0 Å². The average molecular weight is 421 g/mol. The summed E-state index contributed by atoms with van der Waals surface area (Å²) in [6.45, 7) is 9.74. The summed E-state index contributed by atoms with van der Waals surface area (Å²) < 4.78 is 11.4. The highest BCUT2D eigenvalue weighted by atomic mass is 16.5. The van der Waals surface area contributed by atoms with Gasteiger partial charge < -0.3 is 14.3 Å². The van der Waals surface area contributed by atoms with Crippen molar-refractivity contribution in [3.05, 3.63) is 58.9 Å². The smallest absolute Gasteiger partial charge is 0.287 e. The normalized spacial score (nSPS) is 16.3. The first kappa shape index (κ1) is 21.0. The monoisotopic (exact) mass is 421 g/mol. The second-order valence-corrected chi connectivity index (χ2v) is 9.31. The van der Waals surface area contributed by atoms with Crippen molar-refractivity contribution >= 4 is 11.7 Å². The van der Waals surface area contributed by atoms with E-state index in [2.05, 4.69) is 15.5 Å². The number of hydrogen-bond acceptors (Lipinski definition) is 6. The molecule has 0 saturated heterocycles. The summed E-state index contributed by atoms with van der Waals surface area (Å²) in [6, 6.07) is 9.01. The fourth-order valence-corrected chi connectivity index (χ4v) is 4.09. The Kier molecular flexibility index (Phi) is 5.29. The van der Waals surface area contributed by atoms with Crippen LogP contribution in [0.25, 0.3) is 11.4 Å². The highest BCUT2D eigenvalue weighted by Gasteiger charge is 2.37. The Morgan fingerprint density at radius 2 is 1.87 bits per heavy atom. The Morgan fingerprint density at radius 1 is 1.16 bits per heavy atom. The van der Waals surface area contributed by atoms with Crippen LogP contribution in [0, 0.1) is 18.3 Å². The maximum atomic E-state index is 13.1. The number of furan rings is 1. The van der Waals surface area contributed by atoms with Crippen molar-refractivity contribution in [2.75, 3.05) is 0 Å². The molecule has 1 aromatic carbocycles. The van der Waals surface area contributed by atoms with Gasteiger partial charge in [-0.05, 0) is 18.3 Å². The van der Waals surface area contributed by atoms with Crippen molar-refractivity contribution in [2.45, 2.75) is 53.5 Å². The summed E-state index contributed by atoms with van der Waals surface area (Å²) in [6.07, 6.45) is 1.07. The molecule has 0 aliphatic heterocycles. The van der Waals surface area contributed by atoms with E-state index in [4.69, 9.17) is 8.94 Å². The third kappa shape index (κ3) is 4.04. The molecule has 0 saturated carbocycles. The highest BCUT2D eigenvalue weighted by Crippen LogP contribution is 2.38. The van der Waals surface area contributed by atoms with Crippen LogP contribution in [0.15, 0.2) is 39.3 Å². The molecule has 0 radical (unpaired) electrons. The van der Waals surface area contributed by atoms with E-state index in [0.29, 0.717) is 41.4 Å². The number of amides is 1. The predicted molar refractivity (Wildman–Crippen MR) is 115 cm³/mol. The minimum Gasteiger partial charge on any atom is -0.455 e. The van der Waals surface area contributed by atoms with E-state index in [1.807, 2.05) is 58.0 Å². The lowest BCUT2D eigenvalue weighted by Crippen LogP contribution is -2.32. The fourth-order valence-electron chi connectivity index (χ4n) is 4.09. The molecule has 1 aliphatic carbocycles. The molecule has 3 aromatic rings. The molecule has 0 unspecified atom stereocenters. The Bertz CT molecular complexity index is 1130. The van der Waals surface area contributed by atoms with E-state index in [-0.39, 0.29) is 22.9 Å². The molecule has 162 valence electrons. The summed E-state index contributed by atoms with van der Waals surface area (Å²) in [5.74, 6) is 1.19. The van der Waals surface area contributed by atoms with Gasteiger partial charge in [-0.2, -0.15) is 4.98 Å². The van der Waals surface area contributed by atoms with Gasteiger partial charge in [0.25, 0.3) is 5.91 Å². The second-order valence-electron chi connectivity index (χ2n) is 9.31. The van der Waals surface area contributed by atoms with Gasteiger partial charge in [-0.3, -0.25) is 9.59 Å². The molecule has 1 N–H and O–H groups in total. The number of carbonyl (C=O) groups excluding carboxylic acids is 2. The molecule has 1 amide bonds. The summed E-state index contributed by atoms with van der Waals surface area (Å²) in [4.78, 5) is 30.2. The minimum atomic E-state index is -0.494. The van der Waals surface area contributed by atoms with Crippen molar-refractivity contribution in [2.24, 2.45) is 11.3 Å². The zero-order valence-corrected chi connectivity index (χ0v) is 18.5. The summed E-state index contributed by atoms with van der Waals surface area (Å²) in [5.41, 5.74) is 1.79. The number of ketones is 1. The molecule has 7 heteroatoms. The van der Waals surface area contributed by atoms with Crippen LogP contribution in [-0.2, 0) is 6.42 Å². The minimum absolute atomic E-state index is 0.00141. The number of aromatic nitrogens is 2. The number of carbonyl (C=O) groups is 2. The number of nitrogens with one attached hydrogen (secondary N) is 1. The summed E-state index contributed by atoms with van der Waals surface area (Å²) in [5, 5.41) is 7.02. The lowest BCUT2D eigenvalue weighted by molar-refractivity contribution is 0.0868. The van der Waals surface area contributed by atoms with Crippen LogP contribution in [0.4, 0.5) is 0 Å². The van der Waals surface area contributed by atoms with Crippen LogP contribution < -0.4 is 5.32 Å². The maximum Gasteiger partial charge on any atom is 0.287 e. The molecule has 1 aliphatic rings. The van der Waals surface area contributed by atoms with Crippen LogP contribution in [-0.4, -0.2) is 21.8 Å². The quantitative estimate of drug-likeness (QED) is 0.628. The number of fused-ring (bicyclic) bond motifs is 1. The first-order valence-electron chi connectivity index (χ1n) is 10.5. The largest absolute Gasteiger partial charge is 0.455 e. The summed E-state index contributed by atoms with van der Waals surface area (Å²) >= 11 is 0. The Balaban J connectivity index is 1.60. The Morgan fingerprint density at radius 3 is 2.55 bits per heavy atom. The van der Waals surface area contributed by atoms with E-state index < -0.39 is 11.9 Å². The Hall–Kier alpha value is -3.22. The molecule has 31 heavy (non-hydrogen) atoms. The number of Topliss-reactive ketones (excluding diaryl/α,β-unsaturated/α-hetero) is 1. The zero-order valence-electron chi connectivity index (χ0n) is 18.5. The molecule has 4 rings (SSSR count). The van der Waals surface area contributed by atoms with Crippen molar-refractivity contribution in [1.29, 1.82) is 0 Å². The van der Waals surface area contributed by atoms with Crippen LogP contribution >= 0.6 is 0 Å². The van der Waals surface area contributed by atoms with E-state index >= 15 is 0 Å². The standard InChI is InChI=1S/C24H27N3O4/c1-13(2)19(23-26-21(27-31-23)15-9-7-6-8-10-15)25-22(29)20-14(3)18-16(28)11-24(4,5)12-17(18)30-20/h6-10,13,19H,11-12H2,1-5H3,(H,25,29)/t19-/m0/s1. The van der Waals surface area contributed by atoms with Gasteiger partial charge in [0, 0.05) is 24.0 Å². The number of nitrogens with zero attached hydrogens (tertiary/aromatic N) is 2. The van der Waals surface area contributed by atoms with Gasteiger partial charge in [0.1, 0.15) is 11.8 Å². The van der Waals surface area contributed by atoms with E-state index in [9.17, 15) is 9.59 Å². The average Bonchev–Trinajstić information content (AvgIpc) is 3.30. The molecule has 7 nitrogen and oxygen atoms in total. The van der Waals surface area contributed by atoms with Gasteiger partial charge in [0.15, 0.2) is 11.5 Å². The van der Waals surface area contributed by atoms with E-state index in [1.165, 1.54) is 0 Å². The van der Waals surface area contributed by atoms with Crippen molar-refractivity contribution in [1.82, 2.24) is 15.5 Å². The van der Waals surface area contributed by atoms with Gasteiger partial charge in [0.2, 0.25) is 11.7 Å². The third-order valence-electron chi connectivity index (χ3n) is 5.68. The van der Waals surface area contributed by atoms with Crippen LogP contribution in [0.3, 0.4) is 0 Å². The van der Waals surface area contributed by atoms with Gasteiger partial charge in [-0.1, -0.05) is 63.2 Å². The van der Waals surface area contributed by atoms with E-state index in [0.717, 1.165) is 5.56 Å². The molecule has 2 heterocycles. The maximum absolute atomic E-state index is 13.1. The van der Waals surface area contributed by atoms with E-state index in [1.54, 1.807) is 6.92 Å². The van der Waals surface area contributed by atoms with Gasteiger partial charge in [-0.15, -0.1) is 0 Å². The predicted octanol–water partition coefficient (Wildman–Crippen LogP) is 4.92. The third-order valence-corrected chi connectivity index (χ3v) is 5.68. The number of benzene rings is 1. The lowest BCUT2D eigenvalue weighted by atomic mass is 9.76. The first-order valence-corrected chi connectivity index (χ1v) is 10.5. The molecule has 1 atom stereocenters. The highest BCUT2D eigenvalue weighted by molar-refractivity contribution is 6.03. The molecular weight excluding hydrogens is 394 g/mol. The van der Waals surface area contributed by atoms with Crippen LogP contribution in [0.2, 0.25) is 0 Å². The fraction of sp³-hybridized carbons (Fsp3) is 0.417. The Labute approximate surface area is 181 Å². The topological polar surface area (TPSA) is 98.2 Å². The van der Waals surface area contributed by atoms with Crippen LogP contribution in [0.5, 0.6) is 0 Å². The van der Waals surface area contributed by atoms with Crippen molar-refractivity contribution in [3.8, 4) is 11.4 Å². The van der Waals surface area contributed by atoms with Gasteiger partial charge >= 0.3 is 0 Å².